The average molecular weight is 377 g/mol. The zero-order chi connectivity index (χ0) is 19.8. The Morgan fingerprint density at radius 2 is 1.89 bits per heavy atom. The Morgan fingerprint density at radius 1 is 1.11 bits per heavy atom. The van der Waals surface area contributed by atoms with Crippen molar-refractivity contribution >= 4 is 10.9 Å². The van der Waals surface area contributed by atoms with Gasteiger partial charge in [0.25, 0.3) is 5.56 Å². The van der Waals surface area contributed by atoms with Crippen molar-refractivity contribution in [2.75, 3.05) is 0 Å². The number of benzene rings is 1. The molecule has 4 rings (SSSR count). The van der Waals surface area contributed by atoms with Gasteiger partial charge in [0, 0.05) is 11.9 Å². The summed E-state index contributed by atoms with van der Waals surface area (Å²) in [5.74, 6) is 0. The molecule has 0 aliphatic heterocycles. The van der Waals surface area contributed by atoms with Crippen molar-refractivity contribution < 1.29 is 5.11 Å². The van der Waals surface area contributed by atoms with E-state index in [2.05, 4.69) is 23.0 Å². The third-order valence-electron chi connectivity index (χ3n) is 6.17. The van der Waals surface area contributed by atoms with E-state index in [1.54, 1.807) is 10.9 Å². The van der Waals surface area contributed by atoms with Gasteiger partial charge in [0.2, 0.25) is 0 Å². The molecule has 5 nitrogen and oxygen atoms in total. The molecule has 1 aliphatic rings. The second-order valence-electron chi connectivity index (χ2n) is 8.04. The molecule has 28 heavy (non-hydrogen) atoms. The lowest BCUT2D eigenvalue weighted by molar-refractivity contribution is 0.0735. The molecular formula is C23H27N3O2. The molecule has 0 spiro atoms. The molecule has 0 amide bonds. The molecule has 3 aromatic rings. The van der Waals surface area contributed by atoms with Gasteiger partial charge < -0.3 is 5.11 Å². The third-order valence-corrected chi connectivity index (χ3v) is 6.17. The smallest absolute Gasteiger partial charge is 0.261 e. The molecule has 0 unspecified atom stereocenters. The van der Waals surface area contributed by atoms with E-state index in [0.29, 0.717) is 5.39 Å². The lowest BCUT2D eigenvalue weighted by Crippen LogP contribution is -2.34. The van der Waals surface area contributed by atoms with Crippen molar-refractivity contribution in [3.8, 4) is 0 Å². The number of aromatic nitrogens is 3. The number of hydrogen-bond acceptors (Lipinski definition) is 4. The monoisotopic (exact) mass is 377 g/mol. The summed E-state index contributed by atoms with van der Waals surface area (Å²) in [6, 6.07) is 5.90. The Morgan fingerprint density at radius 3 is 2.61 bits per heavy atom. The van der Waals surface area contributed by atoms with Gasteiger partial charge in [-0.15, -0.1) is 0 Å². The van der Waals surface area contributed by atoms with E-state index in [0.717, 1.165) is 65.6 Å². The minimum atomic E-state index is -0.477. The van der Waals surface area contributed by atoms with E-state index in [1.807, 2.05) is 32.2 Å². The Hall–Kier alpha value is -2.53. The van der Waals surface area contributed by atoms with E-state index in [1.165, 1.54) is 0 Å². The second-order valence-corrected chi connectivity index (χ2v) is 8.04. The molecule has 0 bridgehead atoms. The zero-order valence-corrected chi connectivity index (χ0v) is 16.8. The highest BCUT2D eigenvalue weighted by Gasteiger charge is 2.26. The van der Waals surface area contributed by atoms with Crippen LogP contribution in [0.15, 0.2) is 35.5 Å². The lowest BCUT2D eigenvalue weighted by atomic mass is 9.92. The highest BCUT2D eigenvalue weighted by atomic mass is 16.3. The van der Waals surface area contributed by atoms with E-state index in [4.69, 9.17) is 0 Å². The number of nitrogens with zero attached hydrogens (tertiary/aromatic N) is 3. The van der Waals surface area contributed by atoms with Crippen molar-refractivity contribution in [1.29, 1.82) is 0 Å². The quantitative estimate of drug-likeness (QED) is 0.754. The Balaban J connectivity index is 1.81. The Bertz CT molecular complexity index is 1070. The lowest BCUT2D eigenvalue weighted by Gasteiger charge is -2.29. The number of aliphatic hydroxyl groups is 1. The fraction of sp³-hybridized carbons (Fsp3) is 0.435. The van der Waals surface area contributed by atoms with Crippen LogP contribution in [0.3, 0.4) is 0 Å². The predicted molar refractivity (Wildman–Crippen MR) is 111 cm³/mol. The van der Waals surface area contributed by atoms with Crippen LogP contribution in [-0.2, 0) is 6.42 Å². The molecule has 2 atom stereocenters. The van der Waals surface area contributed by atoms with E-state index < -0.39 is 6.10 Å². The fourth-order valence-electron chi connectivity index (χ4n) is 4.27. The minimum Gasteiger partial charge on any atom is -0.391 e. The molecule has 2 aromatic heterocycles. The van der Waals surface area contributed by atoms with E-state index >= 15 is 0 Å². The number of rotatable bonds is 3. The van der Waals surface area contributed by atoms with Gasteiger partial charge in [-0.3, -0.25) is 14.3 Å². The van der Waals surface area contributed by atoms with Crippen molar-refractivity contribution in [1.82, 2.24) is 14.5 Å². The van der Waals surface area contributed by atoms with Gasteiger partial charge in [-0.05, 0) is 74.4 Å². The van der Waals surface area contributed by atoms with Gasteiger partial charge in [0.05, 0.1) is 29.4 Å². The minimum absolute atomic E-state index is 0.0534. The van der Waals surface area contributed by atoms with Crippen molar-refractivity contribution in [3.63, 3.8) is 0 Å². The highest BCUT2D eigenvalue weighted by Crippen LogP contribution is 2.29. The number of pyridine rings is 1. The van der Waals surface area contributed by atoms with E-state index in [-0.39, 0.29) is 11.6 Å². The molecule has 1 saturated carbocycles. The Labute approximate surface area is 165 Å². The SMILES string of the molecule is Cc1ccc(Cc2cc3c(=O)n([C@H]4CCCC[C@@H]4O)cnc3c(C)c2C)cn1. The molecule has 1 fully saturated rings. The molecule has 2 heterocycles. The molecule has 1 aromatic carbocycles. The van der Waals surface area contributed by atoms with Crippen LogP contribution >= 0.6 is 0 Å². The van der Waals surface area contributed by atoms with Gasteiger partial charge >= 0.3 is 0 Å². The maximum absolute atomic E-state index is 13.3. The molecular weight excluding hydrogens is 350 g/mol. The second kappa shape index (κ2) is 7.47. The average Bonchev–Trinajstić information content (AvgIpc) is 2.69. The van der Waals surface area contributed by atoms with Crippen molar-refractivity contribution in [2.24, 2.45) is 0 Å². The first kappa shape index (κ1) is 18.8. The largest absolute Gasteiger partial charge is 0.391 e. The van der Waals surface area contributed by atoms with Crippen LogP contribution < -0.4 is 5.56 Å². The standard InChI is InChI=1S/C23H27N3O2/c1-14-8-9-17(12-24-14)10-18-11-19-22(16(3)15(18)2)25-13-26(23(19)28)20-6-4-5-7-21(20)27/h8-9,11-13,20-21,27H,4-7,10H2,1-3H3/t20-,21-/m0/s1. The topological polar surface area (TPSA) is 68.0 Å². The van der Waals surface area contributed by atoms with Gasteiger partial charge in [0.1, 0.15) is 0 Å². The summed E-state index contributed by atoms with van der Waals surface area (Å²) in [5.41, 5.74) is 6.15. The molecule has 5 heteroatoms. The van der Waals surface area contributed by atoms with Crippen LogP contribution in [-0.4, -0.2) is 25.7 Å². The normalized spacial score (nSPS) is 19.9. The maximum atomic E-state index is 13.3. The fourth-order valence-corrected chi connectivity index (χ4v) is 4.27. The number of hydrogen-bond donors (Lipinski definition) is 1. The molecule has 0 saturated heterocycles. The van der Waals surface area contributed by atoms with Gasteiger partial charge in [-0.1, -0.05) is 18.9 Å². The van der Waals surface area contributed by atoms with Crippen molar-refractivity contribution in [2.45, 2.75) is 65.0 Å². The maximum Gasteiger partial charge on any atom is 0.261 e. The summed E-state index contributed by atoms with van der Waals surface area (Å²) in [6.07, 6.45) is 7.39. The highest BCUT2D eigenvalue weighted by molar-refractivity contribution is 5.83. The summed E-state index contributed by atoms with van der Waals surface area (Å²) in [7, 11) is 0. The number of fused-ring (bicyclic) bond motifs is 1. The number of aliphatic hydroxyl groups excluding tert-OH is 1. The summed E-state index contributed by atoms with van der Waals surface area (Å²) < 4.78 is 1.65. The first-order valence-corrected chi connectivity index (χ1v) is 10.0. The van der Waals surface area contributed by atoms with Crippen LogP contribution in [0.2, 0.25) is 0 Å². The zero-order valence-electron chi connectivity index (χ0n) is 16.8. The van der Waals surface area contributed by atoms with Crippen molar-refractivity contribution in [3.05, 3.63) is 69.0 Å². The molecule has 0 radical (unpaired) electrons. The van der Waals surface area contributed by atoms with E-state index in [9.17, 15) is 9.90 Å². The summed E-state index contributed by atoms with van der Waals surface area (Å²) >= 11 is 0. The first-order valence-electron chi connectivity index (χ1n) is 10.0. The van der Waals surface area contributed by atoms with Crippen LogP contribution in [0.4, 0.5) is 0 Å². The Kier molecular flexibility index (Phi) is 5.02. The summed E-state index contributed by atoms with van der Waals surface area (Å²) in [5, 5.41) is 11.0. The molecule has 1 N–H and O–H groups in total. The van der Waals surface area contributed by atoms with Gasteiger partial charge in [-0.2, -0.15) is 0 Å². The summed E-state index contributed by atoms with van der Waals surface area (Å²) in [6.45, 7) is 6.09. The first-order chi connectivity index (χ1) is 13.5. The number of aryl methyl sites for hydroxylation is 2. The molecule has 1 aliphatic carbocycles. The predicted octanol–water partition coefficient (Wildman–Crippen LogP) is 3.78. The van der Waals surface area contributed by atoms with Crippen LogP contribution in [0.5, 0.6) is 0 Å². The molecule has 146 valence electrons. The van der Waals surface area contributed by atoms with Crippen LogP contribution in [0, 0.1) is 20.8 Å². The summed E-state index contributed by atoms with van der Waals surface area (Å²) in [4.78, 5) is 22.3. The van der Waals surface area contributed by atoms with Crippen LogP contribution in [0.1, 0.15) is 59.7 Å². The third kappa shape index (κ3) is 3.35. The van der Waals surface area contributed by atoms with Gasteiger partial charge in [0.15, 0.2) is 0 Å². The van der Waals surface area contributed by atoms with Crippen LogP contribution in [0.25, 0.3) is 10.9 Å². The van der Waals surface area contributed by atoms with Gasteiger partial charge in [-0.25, -0.2) is 4.98 Å².